The van der Waals surface area contributed by atoms with Crippen molar-refractivity contribution >= 4 is 27.7 Å². The number of hydrogen-bond donors (Lipinski definition) is 1. The van der Waals surface area contributed by atoms with Crippen molar-refractivity contribution < 1.29 is 18.4 Å². The number of anilines is 1. The van der Waals surface area contributed by atoms with Crippen LogP contribution in [0.5, 0.6) is 5.75 Å². The second-order valence-corrected chi connectivity index (χ2v) is 8.13. The lowest BCUT2D eigenvalue weighted by molar-refractivity contribution is 0.101. The number of benzene rings is 2. The Morgan fingerprint density at radius 1 is 1.22 bits per heavy atom. The number of halogens is 2. The predicted molar refractivity (Wildman–Crippen MR) is 120 cm³/mol. The van der Waals surface area contributed by atoms with Crippen LogP contribution in [0.3, 0.4) is 0 Å². The Hall–Kier alpha value is -3.46. The number of ether oxygens (including phenoxy) is 1. The number of carbonyl (C=O) groups is 1. The Labute approximate surface area is 192 Å². The van der Waals surface area contributed by atoms with Crippen LogP contribution in [0.2, 0.25) is 0 Å². The van der Waals surface area contributed by atoms with Gasteiger partial charge in [-0.05, 0) is 47.5 Å². The van der Waals surface area contributed by atoms with E-state index in [1.54, 1.807) is 29.9 Å². The van der Waals surface area contributed by atoms with Gasteiger partial charge >= 0.3 is 0 Å². The Morgan fingerprint density at radius 3 is 2.81 bits per heavy atom. The molecule has 0 spiro atoms. The maximum absolute atomic E-state index is 13.4. The molecule has 2 heterocycles. The molecule has 0 atom stereocenters. The lowest BCUT2D eigenvalue weighted by Gasteiger charge is -2.07. The summed E-state index contributed by atoms with van der Waals surface area (Å²) in [6.07, 6.45) is 1.79. The molecule has 0 aliphatic carbocycles. The molecule has 2 aromatic carbocycles. The zero-order valence-electron chi connectivity index (χ0n) is 17.4. The molecule has 4 rings (SSSR count). The van der Waals surface area contributed by atoms with E-state index in [9.17, 15) is 9.18 Å². The summed E-state index contributed by atoms with van der Waals surface area (Å²) in [7, 11) is 0. The van der Waals surface area contributed by atoms with Crippen molar-refractivity contribution in [2.75, 3.05) is 5.32 Å². The summed E-state index contributed by atoms with van der Waals surface area (Å²) in [4.78, 5) is 12.9. The highest BCUT2D eigenvalue weighted by Crippen LogP contribution is 2.23. The van der Waals surface area contributed by atoms with Gasteiger partial charge in [0.2, 0.25) is 0 Å². The molecule has 7 nitrogen and oxygen atoms in total. The van der Waals surface area contributed by atoms with Crippen LogP contribution in [0.4, 0.5) is 10.2 Å². The van der Waals surface area contributed by atoms with E-state index in [2.05, 4.69) is 37.6 Å². The van der Waals surface area contributed by atoms with Crippen molar-refractivity contribution in [3.05, 3.63) is 93.2 Å². The topological polar surface area (TPSA) is 82.2 Å². The molecule has 0 radical (unpaired) electrons. The highest BCUT2D eigenvalue weighted by Gasteiger charge is 2.22. The first kappa shape index (κ1) is 21.8. The van der Waals surface area contributed by atoms with Crippen molar-refractivity contribution in [1.82, 2.24) is 14.9 Å². The number of hydrogen-bond acceptors (Lipinski definition) is 5. The van der Waals surface area contributed by atoms with Crippen LogP contribution in [0.1, 0.15) is 32.9 Å². The van der Waals surface area contributed by atoms with Crippen molar-refractivity contribution in [3.8, 4) is 5.75 Å². The van der Waals surface area contributed by atoms with Gasteiger partial charge < -0.3 is 14.6 Å². The van der Waals surface area contributed by atoms with E-state index >= 15 is 0 Å². The number of nitrogens with one attached hydrogen (secondary N) is 1. The van der Waals surface area contributed by atoms with Crippen LogP contribution in [-0.4, -0.2) is 20.8 Å². The third-order valence-electron chi connectivity index (χ3n) is 4.76. The number of aromatic nitrogens is 3. The van der Waals surface area contributed by atoms with Crippen molar-refractivity contribution in [1.29, 1.82) is 0 Å². The number of rotatable bonds is 7. The molecule has 2 aromatic heterocycles. The lowest BCUT2D eigenvalue weighted by atomic mass is 10.1. The first-order chi connectivity index (χ1) is 15.4. The molecule has 32 heavy (non-hydrogen) atoms. The first-order valence-corrected chi connectivity index (χ1v) is 10.6. The molecular formula is C23H20BrFN4O3. The number of aryl methyl sites for hydroxylation is 2. The van der Waals surface area contributed by atoms with Gasteiger partial charge in [-0.2, -0.15) is 5.10 Å². The molecule has 0 unspecified atom stereocenters. The van der Waals surface area contributed by atoms with E-state index in [4.69, 9.17) is 9.26 Å². The van der Waals surface area contributed by atoms with Crippen LogP contribution < -0.4 is 10.1 Å². The van der Waals surface area contributed by atoms with Gasteiger partial charge in [-0.3, -0.25) is 9.48 Å². The zero-order chi connectivity index (χ0) is 22.7. The van der Waals surface area contributed by atoms with Gasteiger partial charge in [0.25, 0.3) is 5.91 Å². The zero-order valence-corrected chi connectivity index (χ0v) is 19.0. The molecule has 0 saturated carbocycles. The van der Waals surface area contributed by atoms with Crippen LogP contribution >= 0.6 is 15.9 Å². The van der Waals surface area contributed by atoms with E-state index in [1.807, 2.05) is 25.1 Å². The van der Waals surface area contributed by atoms with E-state index in [-0.39, 0.29) is 12.3 Å². The molecule has 1 N–H and O–H groups in total. The van der Waals surface area contributed by atoms with Gasteiger partial charge in [0, 0.05) is 12.3 Å². The number of amides is 1. The number of nitrogens with zero attached hydrogens (tertiary/aromatic N) is 3. The Morgan fingerprint density at radius 2 is 2.03 bits per heavy atom. The van der Waals surface area contributed by atoms with E-state index < -0.39 is 11.7 Å². The molecule has 0 aliphatic heterocycles. The molecular weight excluding hydrogens is 479 g/mol. The van der Waals surface area contributed by atoms with Crippen LogP contribution in [-0.2, 0) is 13.2 Å². The minimum absolute atomic E-state index is 0.00447. The second kappa shape index (κ2) is 9.35. The average Bonchev–Trinajstić information content (AvgIpc) is 3.28. The average molecular weight is 499 g/mol. The second-order valence-electron chi connectivity index (χ2n) is 7.28. The van der Waals surface area contributed by atoms with E-state index in [0.717, 1.165) is 11.1 Å². The summed E-state index contributed by atoms with van der Waals surface area (Å²) in [5, 5.41) is 11.1. The minimum atomic E-state index is -0.485. The molecule has 0 saturated heterocycles. The van der Waals surface area contributed by atoms with E-state index in [1.165, 1.54) is 12.1 Å². The van der Waals surface area contributed by atoms with Gasteiger partial charge in [0.1, 0.15) is 23.9 Å². The Balaban J connectivity index is 1.47. The molecule has 0 fully saturated rings. The Kier molecular flexibility index (Phi) is 6.36. The maximum Gasteiger partial charge on any atom is 0.279 e. The maximum atomic E-state index is 13.4. The Bertz CT molecular complexity index is 1270. The summed E-state index contributed by atoms with van der Waals surface area (Å²) in [6.45, 7) is 4.28. The molecule has 9 heteroatoms. The number of carbonyl (C=O) groups excluding carboxylic acids is 1. The van der Waals surface area contributed by atoms with Crippen LogP contribution in [0.25, 0.3) is 0 Å². The van der Waals surface area contributed by atoms with Crippen molar-refractivity contribution in [2.24, 2.45) is 0 Å². The monoisotopic (exact) mass is 498 g/mol. The quantitative estimate of drug-likeness (QED) is 0.375. The summed E-state index contributed by atoms with van der Waals surface area (Å²) in [6, 6.07) is 13.9. The minimum Gasteiger partial charge on any atom is -0.489 e. The smallest absolute Gasteiger partial charge is 0.279 e. The van der Waals surface area contributed by atoms with Gasteiger partial charge in [0.15, 0.2) is 11.5 Å². The first-order valence-electron chi connectivity index (χ1n) is 9.82. The van der Waals surface area contributed by atoms with Crippen LogP contribution in [0, 0.1) is 19.7 Å². The summed E-state index contributed by atoms with van der Waals surface area (Å²) in [5.41, 5.74) is 2.82. The largest absolute Gasteiger partial charge is 0.489 e. The van der Waals surface area contributed by atoms with E-state index in [0.29, 0.717) is 33.9 Å². The SMILES string of the molecule is Cc1cccc(Cn2cc(Br)c(NC(=O)c3noc(C)c3COc3cccc(F)c3)n2)c1. The summed E-state index contributed by atoms with van der Waals surface area (Å²) >= 11 is 3.44. The lowest BCUT2D eigenvalue weighted by Crippen LogP contribution is -2.16. The third-order valence-corrected chi connectivity index (χ3v) is 5.34. The van der Waals surface area contributed by atoms with Gasteiger partial charge in [-0.1, -0.05) is 41.1 Å². The molecule has 4 aromatic rings. The van der Waals surface area contributed by atoms with Gasteiger partial charge in [-0.25, -0.2) is 4.39 Å². The summed E-state index contributed by atoms with van der Waals surface area (Å²) in [5.74, 6) is 0.250. The summed E-state index contributed by atoms with van der Waals surface area (Å²) < 4.78 is 26.5. The van der Waals surface area contributed by atoms with Crippen molar-refractivity contribution in [3.63, 3.8) is 0 Å². The fourth-order valence-electron chi connectivity index (χ4n) is 3.18. The molecule has 164 valence electrons. The standard InChI is InChI=1S/C23H20BrFN4O3/c1-14-5-3-6-16(9-14)11-29-12-20(24)22(27-29)26-23(30)21-19(15(2)32-28-21)13-31-18-8-4-7-17(25)10-18/h3-10,12H,11,13H2,1-2H3,(H,26,27,30). The molecule has 0 bridgehead atoms. The molecule has 0 aliphatic rings. The van der Waals surface area contributed by atoms with Crippen molar-refractivity contribution in [2.45, 2.75) is 27.0 Å². The third kappa shape index (κ3) is 5.05. The highest BCUT2D eigenvalue weighted by molar-refractivity contribution is 9.10. The fourth-order valence-corrected chi connectivity index (χ4v) is 3.59. The van der Waals surface area contributed by atoms with Crippen LogP contribution in [0.15, 0.2) is 63.7 Å². The predicted octanol–water partition coefficient (Wildman–Crippen LogP) is 5.27. The highest BCUT2D eigenvalue weighted by atomic mass is 79.9. The van der Waals surface area contributed by atoms with Gasteiger partial charge in [-0.15, -0.1) is 0 Å². The fraction of sp³-hybridized carbons (Fsp3) is 0.174. The molecule has 1 amide bonds. The van der Waals surface area contributed by atoms with Gasteiger partial charge in [0.05, 0.1) is 16.6 Å². The normalized spacial score (nSPS) is 10.9.